The Labute approximate surface area is 189 Å². The molecule has 0 aromatic heterocycles. The zero-order valence-electron chi connectivity index (χ0n) is 19.3. The van der Waals surface area contributed by atoms with Crippen LogP contribution in [0.3, 0.4) is 0 Å². The number of nitrogens with one attached hydrogen (secondary N) is 1. The molecule has 0 bridgehead atoms. The van der Waals surface area contributed by atoms with Crippen LogP contribution in [0.1, 0.15) is 53.0 Å². The summed E-state index contributed by atoms with van der Waals surface area (Å²) in [6.45, 7) is 8.87. The fourth-order valence-electron chi connectivity index (χ4n) is 3.21. The van der Waals surface area contributed by atoms with Crippen molar-refractivity contribution in [1.29, 1.82) is 0 Å². The SMILES string of the molecule is CCN(CC)CCOC(=O)c1ccc(NC(=O)CCC(=O)c2cc(C)ccc2OC)cc1. The molecule has 1 amide bonds. The van der Waals surface area contributed by atoms with Gasteiger partial charge in [0, 0.05) is 25.1 Å². The van der Waals surface area contributed by atoms with Crippen LogP contribution in [-0.4, -0.2) is 55.9 Å². The molecule has 0 unspecified atom stereocenters. The highest BCUT2D eigenvalue weighted by atomic mass is 16.5. The highest BCUT2D eigenvalue weighted by Gasteiger charge is 2.15. The van der Waals surface area contributed by atoms with Crippen LogP contribution in [-0.2, 0) is 9.53 Å². The largest absolute Gasteiger partial charge is 0.496 e. The Morgan fingerprint density at radius 3 is 2.28 bits per heavy atom. The van der Waals surface area contributed by atoms with E-state index in [1.165, 1.54) is 7.11 Å². The number of likely N-dealkylation sites (N-methyl/N-ethyl adjacent to an activating group) is 1. The first-order valence-electron chi connectivity index (χ1n) is 10.8. The number of hydrogen-bond donors (Lipinski definition) is 1. The number of methoxy groups -OCH3 is 1. The summed E-state index contributed by atoms with van der Waals surface area (Å²) in [6, 6.07) is 11.9. The normalized spacial score (nSPS) is 10.7. The maximum absolute atomic E-state index is 12.5. The van der Waals surface area contributed by atoms with Crippen molar-refractivity contribution < 1.29 is 23.9 Å². The topological polar surface area (TPSA) is 84.9 Å². The zero-order chi connectivity index (χ0) is 23.5. The molecule has 7 nitrogen and oxygen atoms in total. The third-order valence-electron chi connectivity index (χ3n) is 5.17. The number of hydrogen-bond acceptors (Lipinski definition) is 6. The standard InChI is InChI=1S/C25H32N2O5/c1-5-27(6-2)15-16-32-25(30)19-8-10-20(11-9-19)26-24(29)14-12-22(28)21-17-18(3)7-13-23(21)31-4/h7-11,13,17H,5-6,12,14-16H2,1-4H3,(H,26,29). The molecule has 1 N–H and O–H groups in total. The summed E-state index contributed by atoms with van der Waals surface area (Å²) in [5.41, 5.74) is 2.40. The molecular formula is C25H32N2O5. The van der Waals surface area contributed by atoms with Gasteiger partial charge in [0.1, 0.15) is 12.4 Å². The molecule has 2 aromatic carbocycles. The van der Waals surface area contributed by atoms with Gasteiger partial charge in [-0.05, 0) is 56.4 Å². The van der Waals surface area contributed by atoms with Crippen LogP contribution in [0.15, 0.2) is 42.5 Å². The number of carbonyl (C=O) groups excluding carboxylic acids is 3. The Morgan fingerprint density at radius 2 is 1.66 bits per heavy atom. The third-order valence-corrected chi connectivity index (χ3v) is 5.17. The Kier molecular flexibility index (Phi) is 9.88. The molecule has 32 heavy (non-hydrogen) atoms. The maximum atomic E-state index is 12.5. The first-order chi connectivity index (χ1) is 15.4. The molecule has 0 spiro atoms. The molecule has 172 valence electrons. The Morgan fingerprint density at radius 1 is 0.969 bits per heavy atom. The molecule has 0 saturated carbocycles. The summed E-state index contributed by atoms with van der Waals surface area (Å²) in [7, 11) is 1.51. The molecular weight excluding hydrogens is 408 g/mol. The Balaban J connectivity index is 1.83. The molecule has 0 radical (unpaired) electrons. The summed E-state index contributed by atoms with van der Waals surface area (Å²) < 4.78 is 10.5. The predicted molar refractivity (Wildman–Crippen MR) is 124 cm³/mol. The minimum Gasteiger partial charge on any atom is -0.496 e. The van der Waals surface area contributed by atoms with Gasteiger partial charge in [-0.15, -0.1) is 0 Å². The van der Waals surface area contributed by atoms with Gasteiger partial charge in [-0.25, -0.2) is 4.79 Å². The van der Waals surface area contributed by atoms with Crippen LogP contribution in [0.5, 0.6) is 5.75 Å². The van der Waals surface area contributed by atoms with Gasteiger partial charge >= 0.3 is 5.97 Å². The highest BCUT2D eigenvalue weighted by Crippen LogP contribution is 2.22. The molecule has 7 heteroatoms. The van der Waals surface area contributed by atoms with E-state index in [1.54, 1.807) is 36.4 Å². The molecule has 2 aromatic rings. The number of esters is 1. The average molecular weight is 441 g/mol. The van der Waals surface area contributed by atoms with Crippen molar-refractivity contribution in [2.45, 2.75) is 33.6 Å². The van der Waals surface area contributed by atoms with E-state index in [0.717, 1.165) is 18.7 Å². The van der Waals surface area contributed by atoms with Crippen molar-refractivity contribution in [3.63, 3.8) is 0 Å². The van der Waals surface area contributed by atoms with Gasteiger partial charge in [0.25, 0.3) is 0 Å². The average Bonchev–Trinajstić information content (AvgIpc) is 2.80. The Hall–Kier alpha value is -3.19. The number of anilines is 1. The molecule has 0 heterocycles. The van der Waals surface area contributed by atoms with Crippen molar-refractivity contribution in [1.82, 2.24) is 4.90 Å². The van der Waals surface area contributed by atoms with Gasteiger partial charge in [0.2, 0.25) is 5.91 Å². The minimum atomic E-state index is -0.396. The van der Waals surface area contributed by atoms with Gasteiger partial charge < -0.3 is 19.7 Å². The number of amides is 1. The van der Waals surface area contributed by atoms with Crippen molar-refractivity contribution in [2.75, 3.05) is 38.7 Å². The van der Waals surface area contributed by atoms with E-state index in [2.05, 4.69) is 24.1 Å². The molecule has 0 fully saturated rings. The lowest BCUT2D eigenvalue weighted by atomic mass is 10.0. The smallest absolute Gasteiger partial charge is 0.338 e. The molecule has 0 saturated heterocycles. The summed E-state index contributed by atoms with van der Waals surface area (Å²) >= 11 is 0. The van der Waals surface area contributed by atoms with Gasteiger partial charge in [-0.1, -0.05) is 25.5 Å². The van der Waals surface area contributed by atoms with Crippen LogP contribution in [0.25, 0.3) is 0 Å². The number of rotatable bonds is 12. The summed E-state index contributed by atoms with van der Waals surface area (Å²) in [6.07, 6.45) is 0.119. The van der Waals surface area contributed by atoms with E-state index in [9.17, 15) is 14.4 Å². The fraction of sp³-hybridized carbons (Fsp3) is 0.400. The van der Waals surface area contributed by atoms with Crippen molar-refractivity contribution in [2.24, 2.45) is 0 Å². The second kappa shape index (κ2) is 12.6. The number of Topliss-reactive ketones (excluding diaryl/α,β-unsaturated/α-hetero) is 1. The van der Waals surface area contributed by atoms with Gasteiger partial charge in [-0.2, -0.15) is 0 Å². The first-order valence-corrected chi connectivity index (χ1v) is 10.8. The van der Waals surface area contributed by atoms with Crippen molar-refractivity contribution in [3.05, 3.63) is 59.2 Å². The lowest BCUT2D eigenvalue weighted by Crippen LogP contribution is -2.27. The monoisotopic (exact) mass is 440 g/mol. The van der Waals surface area contributed by atoms with E-state index in [0.29, 0.717) is 35.7 Å². The first kappa shape index (κ1) is 25.1. The maximum Gasteiger partial charge on any atom is 0.338 e. The van der Waals surface area contributed by atoms with Gasteiger partial charge in [0.15, 0.2) is 5.78 Å². The lowest BCUT2D eigenvalue weighted by Gasteiger charge is -2.17. The molecule has 0 aliphatic carbocycles. The van der Waals surface area contributed by atoms with E-state index >= 15 is 0 Å². The fourth-order valence-corrected chi connectivity index (χ4v) is 3.21. The van der Waals surface area contributed by atoms with Crippen LogP contribution in [0.4, 0.5) is 5.69 Å². The number of benzene rings is 2. The predicted octanol–water partition coefficient (Wildman–Crippen LogP) is 4.10. The van der Waals surface area contributed by atoms with E-state index in [1.807, 2.05) is 13.0 Å². The molecule has 2 rings (SSSR count). The molecule has 0 aliphatic heterocycles. The second-order valence-electron chi connectivity index (χ2n) is 7.42. The van der Waals surface area contributed by atoms with E-state index in [4.69, 9.17) is 9.47 Å². The molecule has 0 aliphatic rings. The second-order valence-corrected chi connectivity index (χ2v) is 7.42. The van der Waals surface area contributed by atoms with Crippen LogP contribution in [0.2, 0.25) is 0 Å². The van der Waals surface area contributed by atoms with E-state index in [-0.39, 0.29) is 24.5 Å². The van der Waals surface area contributed by atoms with Gasteiger partial charge in [-0.3, -0.25) is 9.59 Å². The van der Waals surface area contributed by atoms with Crippen LogP contribution < -0.4 is 10.1 Å². The summed E-state index contributed by atoms with van der Waals surface area (Å²) in [5, 5.41) is 2.75. The third kappa shape index (κ3) is 7.50. The summed E-state index contributed by atoms with van der Waals surface area (Å²) in [5.74, 6) is -0.323. The number of ketones is 1. The minimum absolute atomic E-state index is 0.0467. The Bertz CT molecular complexity index is 920. The van der Waals surface area contributed by atoms with Gasteiger partial charge in [0.05, 0.1) is 18.2 Å². The zero-order valence-corrected chi connectivity index (χ0v) is 19.3. The highest BCUT2D eigenvalue weighted by molar-refractivity contribution is 6.02. The molecule has 0 atom stereocenters. The van der Waals surface area contributed by atoms with Crippen molar-refractivity contribution in [3.8, 4) is 5.75 Å². The lowest BCUT2D eigenvalue weighted by molar-refractivity contribution is -0.116. The number of aryl methyl sites for hydroxylation is 1. The van der Waals surface area contributed by atoms with Crippen LogP contribution in [0, 0.1) is 6.92 Å². The quantitative estimate of drug-likeness (QED) is 0.395. The number of ether oxygens (including phenoxy) is 2. The number of nitrogens with zero attached hydrogens (tertiary/aromatic N) is 1. The van der Waals surface area contributed by atoms with E-state index < -0.39 is 5.97 Å². The number of carbonyl (C=O) groups is 3. The van der Waals surface area contributed by atoms with Crippen molar-refractivity contribution >= 4 is 23.3 Å². The van der Waals surface area contributed by atoms with Crippen LogP contribution >= 0.6 is 0 Å². The summed E-state index contributed by atoms with van der Waals surface area (Å²) in [4.78, 5) is 39.1.